The molecule has 0 saturated carbocycles. The Hall–Kier alpha value is -0.510. The van der Waals surface area contributed by atoms with Crippen molar-refractivity contribution in [3.63, 3.8) is 0 Å². The van der Waals surface area contributed by atoms with E-state index in [9.17, 15) is 0 Å². The maximum absolute atomic E-state index is 5.48. The first kappa shape index (κ1) is 10.6. The molecule has 0 aliphatic heterocycles. The fourth-order valence-electron chi connectivity index (χ4n) is 1.10. The number of allylic oxidation sites excluding steroid dienone is 1. The zero-order valence-electron chi connectivity index (χ0n) is 7.88. The normalized spacial score (nSPS) is 11.5. The van der Waals surface area contributed by atoms with Gasteiger partial charge in [-0.05, 0) is 54.6 Å². The number of rotatable bonds is 3. The van der Waals surface area contributed by atoms with Gasteiger partial charge in [-0.15, -0.1) is 0 Å². The van der Waals surface area contributed by atoms with E-state index in [1.165, 1.54) is 3.57 Å². The van der Waals surface area contributed by atoms with E-state index in [1.54, 1.807) is 0 Å². The number of ether oxygens (including phenoxy) is 1. The molecule has 0 aliphatic carbocycles. The number of hydrogen-bond acceptors (Lipinski definition) is 1. The molecule has 70 valence electrons. The lowest BCUT2D eigenvalue weighted by Crippen LogP contribution is -1.90. The lowest BCUT2D eigenvalue weighted by molar-refractivity contribution is 0.297. The summed E-state index contributed by atoms with van der Waals surface area (Å²) >= 11 is 2.29. The fourth-order valence-corrected chi connectivity index (χ4v) is 1.46. The van der Waals surface area contributed by atoms with Gasteiger partial charge in [0.25, 0.3) is 0 Å². The molecule has 0 atom stereocenters. The number of benzene rings is 1. The maximum Gasteiger partial charge on any atom is 0.122 e. The summed E-state index contributed by atoms with van der Waals surface area (Å²) in [6.07, 6.45) is 1.99. The van der Waals surface area contributed by atoms with Gasteiger partial charge < -0.3 is 4.74 Å². The molecular weight excluding hydrogens is 275 g/mol. The molecule has 0 heterocycles. The Balaban J connectivity index is 2.87. The molecule has 0 bridgehead atoms. The van der Waals surface area contributed by atoms with Crippen molar-refractivity contribution in [2.45, 2.75) is 13.8 Å². The number of hydrogen-bond donors (Lipinski definition) is 0. The molecule has 1 nitrogen and oxygen atoms in total. The Kier molecular flexibility index (Phi) is 4.28. The number of halogens is 1. The van der Waals surface area contributed by atoms with Crippen LogP contribution in [-0.2, 0) is 4.74 Å². The average molecular weight is 288 g/mol. The molecule has 0 saturated heterocycles. The molecule has 0 aliphatic rings. The van der Waals surface area contributed by atoms with E-state index in [0.717, 1.165) is 11.3 Å². The van der Waals surface area contributed by atoms with Gasteiger partial charge in [-0.3, -0.25) is 0 Å². The second-order valence-corrected chi connectivity index (χ2v) is 3.84. The van der Waals surface area contributed by atoms with Crippen LogP contribution in [0.5, 0.6) is 0 Å². The standard InChI is InChI=1S/C11H13IO/c1-3-11(13-4-2)9-5-7-10(12)8-6-9/h3,5-8H,4H2,1-2H3/b11-3-. The van der Waals surface area contributed by atoms with Crippen molar-refractivity contribution >= 4 is 28.4 Å². The van der Waals surface area contributed by atoms with Crippen molar-refractivity contribution in [2.24, 2.45) is 0 Å². The lowest BCUT2D eigenvalue weighted by Gasteiger charge is -2.07. The van der Waals surface area contributed by atoms with Gasteiger partial charge in [0.15, 0.2) is 0 Å². The highest BCUT2D eigenvalue weighted by atomic mass is 127. The van der Waals surface area contributed by atoms with Gasteiger partial charge >= 0.3 is 0 Å². The SMILES string of the molecule is C/C=C(\OCC)c1ccc(I)cc1. The Morgan fingerprint density at radius 2 is 2.00 bits per heavy atom. The van der Waals surface area contributed by atoms with Crippen LogP contribution in [0.4, 0.5) is 0 Å². The van der Waals surface area contributed by atoms with Crippen molar-refractivity contribution in [3.8, 4) is 0 Å². The van der Waals surface area contributed by atoms with Gasteiger partial charge in [-0.2, -0.15) is 0 Å². The molecular formula is C11H13IO. The topological polar surface area (TPSA) is 9.23 Å². The molecule has 13 heavy (non-hydrogen) atoms. The van der Waals surface area contributed by atoms with Crippen molar-refractivity contribution in [1.82, 2.24) is 0 Å². The Labute approximate surface area is 92.9 Å². The Morgan fingerprint density at radius 3 is 2.46 bits per heavy atom. The molecule has 1 aromatic carbocycles. The van der Waals surface area contributed by atoms with Crippen LogP contribution >= 0.6 is 22.6 Å². The van der Waals surface area contributed by atoms with Crippen LogP contribution in [0, 0.1) is 3.57 Å². The van der Waals surface area contributed by atoms with Crippen LogP contribution in [0.2, 0.25) is 0 Å². The third-order valence-electron chi connectivity index (χ3n) is 1.69. The molecule has 1 rings (SSSR count). The van der Waals surface area contributed by atoms with Gasteiger partial charge in [0.1, 0.15) is 5.76 Å². The van der Waals surface area contributed by atoms with Gasteiger partial charge in [0, 0.05) is 9.13 Å². The van der Waals surface area contributed by atoms with Crippen LogP contribution in [0.3, 0.4) is 0 Å². The van der Waals surface area contributed by atoms with Gasteiger partial charge in [0.05, 0.1) is 6.61 Å². The summed E-state index contributed by atoms with van der Waals surface area (Å²) in [5.74, 6) is 0.957. The minimum Gasteiger partial charge on any atom is -0.494 e. The highest BCUT2D eigenvalue weighted by Crippen LogP contribution is 2.16. The first-order valence-electron chi connectivity index (χ1n) is 4.33. The van der Waals surface area contributed by atoms with E-state index >= 15 is 0 Å². The third kappa shape index (κ3) is 3.03. The molecule has 0 amide bonds. The van der Waals surface area contributed by atoms with Gasteiger partial charge in [-0.1, -0.05) is 12.1 Å². The van der Waals surface area contributed by atoms with E-state index in [2.05, 4.69) is 46.9 Å². The van der Waals surface area contributed by atoms with Crippen LogP contribution in [-0.4, -0.2) is 6.61 Å². The molecule has 0 N–H and O–H groups in total. The van der Waals surface area contributed by atoms with Gasteiger partial charge in [0.2, 0.25) is 0 Å². The molecule has 0 spiro atoms. The quantitative estimate of drug-likeness (QED) is 0.609. The predicted octanol–water partition coefficient (Wildman–Crippen LogP) is 3.69. The zero-order valence-corrected chi connectivity index (χ0v) is 10.0. The summed E-state index contributed by atoms with van der Waals surface area (Å²) in [4.78, 5) is 0. The molecule has 0 fully saturated rings. The largest absolute Gasteiger partial charge is 0.494 e. The molecule has 0 aromatic heterocycles. The zero-order chi connectivity index (χ0) is 9.68. The highest BCUT2D eigenvalue weighted by molar-refractivity contribution is 14.1. The summed E-state index contributed by atoms with van der Waals surface area (Å²) in [6, 6.07) is 8.32. The van der Waals surface area contributed by atoms with Crippen molar-refractivity contribution in [1.29, 1.82) is 0 Å². The summed E-state index contributed by atoms with van der Waals surface area (Å²) in [5.41, 5.74) is 1.14. The molecule has 2 heteroatoms. The summed E-state index contributed by atoms with van der Waals surface area (Å²) in [7, 11) is 0. The van der Waals surface area contributed by atoms with Crippen molar-refractivity contribution in [3.05, 3.63) is 39.5 Å². The first-order chi connectivity index (χ1) is 6.27. The van der Waals surface area contributed by atoms with E-state index in [4.69, 9.17) is 4.74 Å². The molecule has 1 aromatic rings. The Morgan fingerprint density at radius 1 is 1.38 bits per heavy atom. The third-order valence-corrected chi connectivity index (χ3v) is 2.41. The molecule has 0 radical (unpaired) electrons. The van der Waals surface area contributed by atoms with Crippen LogP contribution in [0.25, 0.3) is 5.76 Å². The average Bonchev–Trinajstić information content (AvgIpc) is 2.16. The summed E-state index contributed by atoms with van der Waals surface area (Å²) < 4.78 is 6.72. The van der Waals surface area contributed by atoms with Gasteiger partial charge in [-0.25, -0.2) is 0 Å². The highest BCUT2D eigenvalue weighted by Gasteiger charge is 1.99. The minimum atomic E-state index is 0.714. The fraction of sp³-hybridized carbons (Fsp3) is 0.273. The monoisotopic (exact) mass is 288 g/mol. The van der Waals surface area contributed by atoms with E-state index in [0.29, 0.717) is 6.61 Å². The predicted molar refractivity (Wildman–Crippen MR) is 64.4 cm³/mol. The second kappa shape index (κ2) is 5.27. The van der Waals surface area contributed by atoms with Crippen LogP contribution in [0.1, 0.15) is 19.4 Å². The van der Waals surface area contributed by atoms with E-state index < -0.39 is 0 Å². The summed E-state index contributed by atoms with van der Waals surface area (Å²) in [5, 5.41) is 0. The van der Waals surface area contributed by atoms with E-state index in [1.807, 2.05) is 19.9 Å². The van der Waals surface area contributed by atoms with Crippen molar-refractivity contribution < 1.29 is 4.74 Å². The Bertz CT molecular complexity index is 287. The first-order valence-corrected chi connectivity index (χ1v) is 5.41. The smallest absolute Gasteiger partial charge is 0.122 e. The van der Waals surface area contributed by atoms with Crippen molar-refractivity contribution in [2.75, 3.05) is 6.61 Å². The summed E-state index contributed by atoms with van der Waals surface area (Å²) in [6.45, 7) is 4.70. The minimum absolute atomic E-state index is 0.714. The molecule has 0 unspecified atom stereocenters. The van der Waals surface area contributed by atoms with Crippen LogP contribution in [0.15, 0.2) is 30.3 Å². The van der Waals surface area contributed by atoms with E-state index in [-0.39, 0.29) is 0 Å². The van der Waals surface area contributed by atoms with Crippen LogP contribution < -0.4 is 0 Å². The second-order valence-electron chi connectivity index (χ2n) is 2.59. The lowest BCUT2D eigenvalue weighted by atomic mass is 10.2. The maximum atomic E-state index is 5.48.